The van der Waals surface area contributed by atoms with Crippen molar-refractivity contribution in [3.63, 3.8) is 0 Å². The topological polar surface area (TPSA) is 78.9 Å². The zero-order chi connectivity index (χ0) is 58.5. The molecular formula is C75H132O6. The lowest BCUT2D eigenvalue weighted by Gasteiger charge is -2.18. The maximum Gasteiger partial charge on any atom is 0.306 e. The number of hydrogen-bond donors (Lipinski definition) is 0. The van der Waals surface area contributed by atoms with Gasteiger partial charge in [-0.1, -0.05) is 324 Å². The summed E-state index contributed by atoms with van der Waals surface area (Å²) in [5.74, 6) is -0.893. The Hall–Kier alpha value is -3.41. The van der Waals surface area contributed by atoms with Crippen molar-refractivity contribution in [2.45, 2.75) is 361 Å². The van der Waals surface area contributed by atoms with Crippen LogP contribution in [0.15, 0.2) is 85.1 Å². The van der Waals surface area contributed by atoms with Gasteiger partial charge in [-0.2, -0.15) is 0 Å². The lowest BCUT2D eigenvalue weighted by molar-refractivity contribution is -0.167. The number of carbonyl (C=O) groups excluding carboxylic acids is 3. The summed E-state index contributed by atoms with van der Waals surface area (Å²) < 4.78 is 17.0. The van der Waals surface area contributed by atoms with Crippen LogP contribution < -0.4 is 0 Å². The van der Waals surface area contributed by atoms with Gasteiger partial charge in [0.1, 0.15) is 13.2 Å². The van der Waals surface area contributed by atoms with Gasteiger partial charge in [-0.15, -0.1) is 0 Å². The van der Waals surface area contributed by atoms with Crippen molar-refractivity contribution in [3.8, 4) is 0 Å². The smallest absolute Gasteiger partial charge is 0.306 e. The van der Waals surface area contributed by atoms with Crippen LogP contribution in [0.25, 0.3) is 0 Å². The van der Waals surface area contributed by atoms with E-state index in [-0.39, 0.29) is 31.1 Å². The highest BCUT2D eigenvalue weighted by Crippen LogP contribution is 2.18. The van der Waals surface area contributed by atoms with Crippen molar-refractivity contribution in [3.05, 3.63) is 85.1 Å². The molecule has 6 heteroatoms. The Morgan fingerprint density at radius 3 is 0.765 bits per heavy atom. The first-order valence-corrected chi connectivity index (χ1v) is 35.1. The summed E-state index contributed by atoms with van der Waals surface area (Å²) in [5, 5.41) is 0. The average molecular weight is 1130 g/mol. The summed E-state index contributed by atoms with van der Waals surface area (Å²) in [6.45, 7) is 6.56. The van der Waals surface area contributed by atoms with Crippen LogP contribution in [0.4, 0.5) is 0 Å². The molecule has 0 rings (SSSR count). The monoisotopic (exact) mass is 1130 g/mol. The van der Waals surface area contributed by atoms with Gasteiger partial charge in [-0.3, -0.25) is 14.4 Å². The van der Waals surface area contributed by atoms with Gasteiger partial charge in [-0.05, 0) is 96.3 Å². The molecule has 0 aliphatic heterocycles. The van der Waals surface area contributed by atoms with Crippen molar-refractivity contribution in [2.24, 2.45) is 0 Å². The van der Waals surface area contributed by atoms with Gasteiger partial charge in [0.2, 0.25) is 0 Å². The molecule has 0 bridgehead atoms. The fourth-order valence-corrected chi connectivity index (χ4v) is 10.2. The van der Waals surface area contributed by atoms with Gasteiger partial charge < -0.3 is 14.2 Å². The molecular weight excluding hydrogens is 997 g/mol. The highest BCUT2D eigenvalue weighted by atomic mass is 16.6. The van der Waals surface area contributed by atoms with Gasteiger partial charge in [0.05, 0.1) is 0 Å². The number of allylic oxidation sites excluding steroid dienone is 14. The van der Waals surface area contributed by atoms with E-state index in [0.29, 0.717) is 19.3 Å². The van der Waals surface area contributed by atoms with Crippen LogP contribution in [-0.2, 0) is 28.6 Å². The predicted octanol–water partition coefficient (Wildman–Crippen LogP) is 24.2. The SMILES string of the molecule is CC/C=C\C/C=C\C/C=C\C/C=C\C/C=C\C/C=C\CCCCCCC(=O)OCC(COC(=O)CCCCCCCCC/C=C\CCCCCCCCC)OC(=O)CCCCCCCCCCCCCCCCCCCCCCCC. The van der Waals surface area contributed by atoms with E-state index in [1.807, 2.05) is 0 Å². The molecule has 6 nitrogen and oxygen atoms in total. The minimum absolute atomic E-state index is 0.0840. The lowest BCUT2D eigenvalue weighted by atomic mass is 10.0. The maximum atomic E-state index is 13.0. The van der Waals surface area contributed by atoms with E-state index in [0.717, 1.165) is 109 Å². The Labute approximate surface area is 503 Å². The molecule has 0 amide bonds. The average Bonchev–Trinajstić information content (AvgIpc) is 3.47. The quantitative estimate of drug-likeness (QED) is 0.0261. The highest BCUT2D eigenvalue weighted by molar-refractivity contribution is 5.71. The summed E-state index contributed by atoms with van der Waals surface area (Å²) in [6.07, 6.45) is 91.7. The Morgan fingerprint density at radius 1 is 0.259 bits per heavy atom. The third-order valence-corrected chi connectivity index (χ3v) is 15.4. The first-order chi connectivity index (χ1) is 40.0. The molecule has 81 heavy (non-hydrogen) atoms. The van der Waals surface area contributed by atoms with E-state index >= 15 is 0 Å². The molecule has 0 aromatic rings. The van der Waals surface area contributed by atoms with Gasteiger partial charge in [0, 0.05) is 19.3 Å². The van der Waals surface area contributed by atoms with Crippen LogP contribution in [0.1, 0.15) is 355 Å². The van der Waals surface area contributed by atoms with E-state index in [4.69, 9.17) is 14.2 Å². The second-order valence-electron chi connectivity index (χ2n) is 23.4. The molecule has 0 spiro atoms. The zero-order valence-electron chi connectivity index (χ0n) is 53.8. The van der Waals surface area contributed by atoms with Gasteiger partial charge in [-0.25, -0.2) is 0 Å². The lowest BCUT2D eigenvalue weighted by Crippen LogP contribution is -2.30. The third-order valence-electron chi connectivity index (χ3n) is 15.4. The first-order valence-electron chi connectivity index (χ1n) is 35.1. The standard InChI is InChI=1S/C75H132O6/c1-4-7-10-13-16-19-22-25-28-31-34-36-38-40-41-44-47-50-53-56-59-62-65-68-74(77)80-71-72(70-79-73(76)67-64-61-58-55-52-49-46-43-33-30-27-24-21-18-15-12-9-6-3)81-75(78)69-66-63-60-57-54-51-48-45-42-39-37-35-32-29-26-23-20-17-14-11-8-5-2/h7,10,16,19,25,28,30,33-34,36,40-41,47,50,72H,4-6,8-9,11-15,17-18,20-24,26-27,29,31-32,35,37-39,42-46,48-49,51-71H2,1-3H3/b10-7-,19-16-,28-25-,33-30-,36-34-,41-40-,50-47-. The number of hydrogen-bond acceptors (Lipinski definition) is 6. The van der Waals surface area contributed by atoms with Crippen LogP contribution in [0.3, 0.4) is 0 Å². The number of esters is 3. The normalized spacial score (nSPS) is 12.6. The van der Waals surface area contributed by atoms with E-state index < -0.39 is 6.10 Å². The molecule has 0 N–H and O–H groups in total. The predicted molar refractivity (Wildman–Crippen MR) is 353 cm³/mol. The molecule has 0 saturated heterocycles. The summed E-state index contributed by atoms with van der Waals surface area (Å²) in [5.41, 5.74) is 0. The summed E-state index contributed by atoms with van der Waals surface area (Å²) in [4.78, 5) is 38.5. The Kier molecular flexibility index (Phi) is 66.2. The minimum atomic E-state index is -0.790. The second kappa shape index (κ2) is 69.1. The first kappa shape index (κ1) is 77.6. The number of carbonyl (C=O) groups is 3. The largest absolute Gasteiger partial charge is 0.462 e. The zero-order valence-corrected chi connectivity index (χ0v) is 53.8. The summed E-state index contributed by atoms with van der Waals surface area (Å²) in [7, 11) is 0. The van der Waals surface area contributed by atoms with Crippen LogP contribution >= 0.6 is 0 Å². The molecule has 0 heterocycles. The fourth-order valence-electron chi connectivity index (χ4n) is 10.2. The van der Waals surface area contributed by atoms with E-state index in [1.54, 1.807) is 0 Å². The van der Waals surface area contributed by atoms with E-state index in [2.05, 4.69) is 106 Å². The molecule has 1 atom stereocenters. The minimum Gasteiger partial charge on any atom is -0.462 e. The molecule has 0 aliphatic carbocycles. The molecule has 0 radical (unpaired) electrons. The van der Waals surface area contributed by atoms with Crippen LogP contribution in [0, 0.1) is 0 Å². The number of rotatable bonds is 64. The number of unbranched alkanes of at least 4 members (excludes halogenated alkanes) is 39. The van der Waals surface area contributed by atoms with Crippen molar-refractivity contribution in [2.75, 3.05) is 13.2 Å². The van der Waals surface area contributed by atoms with Gasteiger partial charge in [0.25, 0.3) is 0 Å². The Balaban J connectivity index is 4.40. The van der Waals surface area contributed by atoms with Crippen molar-refractivity contribution >= 4 is 17.9 Å². The fraction of sp³-hybridized carbons (Fsp3) is 0.773. The Bertz CT molecular complexity index is 1530. The molecule has 0 saturated carbocycles. The van der Waals surface area contributed by atoms with Crippen molar-refractivity contribution < 1.29 is 28.6 Å². The van der Waals surface area contributed by atoms with E-state index in [9.17, 15) is 14.4 Å². The summed E-state index contributed by atoms with van der Waals surface area (Å²) >= 11 is 0. The third kappa shape index (κ3) is 67.3. The summed E-state index contributed by atoms with van der Waals surface area (Å²) in [6, 6.07) is 0. The molecule has 0 aromatic carbocycles. The molecule has 0 aliphatic rings. The highest BCUT2D eigenvalue weighted by Gasteiger charge is 2.19. The second-order valence-corrected chi connectivity index (χ2v) is 23.4. The van der Waals surface area contributed by atoms with Crippen LogP contribution in [0.2, 0.25) is 0 Å². The van der Waals surface area contributed by atoms with Crippen molar-refractivity contribution in [1.82, 2.24) is 0 Å². The number of ether oxygens (including phenoxy) is 3. The maximum absolute atomic E-state index is 13.0. The van der Waals surface area contributed by atoms with Gasteiger partial charge in [0.15, 0.2) is 6.10 Å². The van der Waals surface area contributed by atoms with Crippen molar-refractivity contribution in [1.29, 1.82) is 0 Å². The molecule has 0 fully saturated rings. The van der Waals surface area contributed by atoms with Crippen LogP contribution in [-0.4, -0.2) is 37.2 Å². The molecule has 1 unspecified atom stereocenters. The van der Waals surface area contributed by atoms with Gasteiger partial charge >= 0.3 is 17.9 Å². The van der Waals surface area contributed by atoms with Crippen LogP contribution in [0.5, 0.6) is 0 Å². The Morgan fingerprint density at radius 2 is 0.481 bits per heavy atom. The molecule has 468 valence electrons. The van der Waals surface area contributed by atoms with E-state index in [1.165, 1.54) is 205 Å². The molecule has 0 aromatic heterocycles.